The lowest BCUT2D eigenvalue weighted by molar-refractivity contribution is -0.274. The van der Waals surface area contributed by atoms with Gasteiger partial charge in [0.05, 0.1) is 12.1 Å². The average molecular weight is 372 g/mol. The molecule has 3 rings (SSSR count). The topological polar surface area (TPSA) is 61.8 Å². The number of nitrogens with zero attached hydrogens (tertiary/aromatic N) is 1. The molecule has 0 spiro atoms. The van der Waals surface area contributed by atoms with E-state index in [1.54, 1.807) is 17.9 Å². The van der Waals surface area contributed by atoms with Crippen LogP contribution in [0.15, 0.2) is 24.3 Å². The number of hydrogen-bond donors (Lipinski definition) is 2. The largest absolute Gasteiger partial charge is 0.573 e. The molecule has 8 heteroatoms. The summed E-state index contributed by atoms with van der Waals surface area (Å²) in [4.78, 5) is 14.0. The summed E-state index contributed by atoms with van der Waals surface area (Å²) in [6.45, 7) is 2.64. The first kappa shape index (κ1) is 18.8. The van der Waals surface area contributed by atoms with Crippen molar-refractivity contribution in [2.24, 2.45) is 0 Å². The highest BCUT2D eigenvalue weighted by molar-refractivity contribution is 5.75. The number of urea groups is 1. The Balaban J connectivity index is 1.68. The van der Waals surface area contributed by atoms with Crippen LogP contribution in [0.25, 0.3) is 0 Å². The molecule has 1 aliphatic carbocycles. The summed E-state index contributed by atoms with van der Waals surface area (Å²) in [5, 5.41) is 12.7. The van der Waals surface area contributed by atoms with Gasteiger partial charge < -0.3 is 20.1 Å². The fourth-order valence-electron chi connectivity index (χ4n) is 3.75. The van der Waals surface area contributed by atoms with Crippen LogP contribution in [0.1, 0.15) is 38.2 Å². The van der Waals surface area contributed by atoms with E-state index < -0.39 is 12.5 Å². The summed E-state index contributed by atoms with van der Waals surface area (Å²) in [5.74, 6) is -0.246. The molecule has 2 fully saturated rings. The zero-order valence-corrected chi connectivity index (χ0v) is 14.6. The van der Waals surface area contributed by atoms with E-state index in [0.29, 0.717) is 19.5 Å². The van der Waals surface area contributed by atoms with Gasteiger partial charge in [0, 0.05) is 18.5 Å². The number of halogens is 3. The highest BCUT2D eigenvalue weighted by Crippen LogP contribution is 2.44. The van der Waals surface area contributed by atoms with Gasteiger partial charge in [-0.15, -0.1) is 13.2 Å². The minimum Gasteiger partial charge on any atom is -0.406 e. The van der Waals surface area contributed by atoms with Crippen LogP contribution in [0.3, 0.4) is 0 Å². The first-order valence-electron chi connectivity index (χ1n) is 8.79. The summed E-state index contributed by atoms with van der Waals surface area (Å²) in [6.07, 6.45) is -2.15. The molecule has 5 nitrogen and oxygen atoms in total. The molecule has 1 aromatic carbocycles. The maximum Gasteiger partial charge on any atom is 0.573 e. The molecule has 0 unspecified atom stereocenters. The van der Waals surface area contributed by atoms with E-state index in [1.165, 1.54) is 18.2 Å². The van der Waals surface area contributed by atoms with E-state index in [1.807, 2.05) is 0 Å². The van der Waals surface area contributed by atoms with E-state index in [9.17, 15) is 23.1 Å². The normalized spacial score (nSPS) is 24.9. The molecule has 0 radical (unpaired) electrons. The predicted molar refractivity (Wildman–Crippen MR) is 88.8 cm³/mol. The van der Waals surface area contributed by atoms with Crippen molar-refractivity contribution in [1.29, 1.82) is 0 Å². The zero-order valence-electron chi connectivity index (χ0n) is 14.6. The number of carbonyl (C=O) groups excluding carboxylic acids is 1. The Morgan fingerprint density at radius 1 is 1.42 bits per heavy atom. The third-order valence-electron chi connectivity index (χ3n) is 5.54. The summed E-state index contributed by atoms with van der Waals surface area (Å²) in [5.41, 5.74) is 0.364. The predicted octanol–water partition coefficient (Wildman–Crippen LogP) is 3.17. The number of ether oxygens (including phenoxy) is 1. The summed E-state index contributed by atoms with van der Waals surface area (Å²) >= 11 is 0. The van der Waals surface area contributed by atoms with Crippen molar-refractivity contribution in [2.75, 3.05) is 13.1 Å². The van der Waals surface area contributed by atoms with Crippen LogP contribution >= 0.6 is 0 Å². The molecule has 2 atom stereocenters. The Morgan fingerprint density at radius 2 is 2.15 bits per heavy atom. The van der Waals surface area contributed by atoms with Crippen LogP contribution in [0, 0.1) is 0 Å². The Morgan fingerprint density at radius 3 is 2.69 bits per heavy atom. The lowest BCUT2D eigenvalue weighted by atomic mass is 9.64. The van der Waals surface area contributed by atoms with Crippen molar-refractivity contribution in [2.45, 2.75) is 56.5 Å². The summed E-state index contributed by atoms with van der Waals surface area (Å²) in [7, 11) is 0. The zero-order chi connectivity index (χ0) is 18.9. The highest BCUT2D eigenvalue weighted by atomic mass is 19.4. The molecule has 2 amide bonds. The average Bonchev–Trinajstić information content (AvgIpc) is 2.84. The number of carbonyl (C=O) groups is 1. The lowest BCUT2D eigenvalue weighted by Gasteiger charge is -2.43. The minimum atomic E-state index is -4.73. The summed E-state index contributed by atoms with van der Waals surface area (Å²) in [6, 6.07) is 5.50. The maximum absolute atomic E-state index is 12.5. The quantitative estimate of drug-likeness (QED) is 0.853. The van der Waals surface area contributed by atoms with E-state index in [-0.39, 0.29) is 23.2 Å². The van der Waals surface area contributed by atoms with Crippen LogP contribution in [-0.4, -0.2) is 47.6 Å². The van der Waals surface area contributed by atoms with Gasteiger partial charge in [-0.2, -0.15) is 0 Å². The Kier molecular flexibility index (Phi) is 5.05. The van der Waals surface area contributed by atoms with Crippen molar-refractivity contribution >= 4 is 6.03 Å². The van der Waals surface area contributed by atoms with E-state index in [4.69, 9.17) is 0 Å². The van der Waals surface area contributed by atoms with Crippen LogP contribution in [0.4, 0.5) is 18.0 Å². The smallest absolute Gasteiger partial charge is 0.406 e. The number of alkyl halides is 3. The summed E-state index contributed by atoms with van der Waals surface area (Å²) < 4.78 is 41.4. The van der Waals surface area contributed by atoms with Gasteiger partial charge in [0.25, 0.3) is 0 Å². The second-order valence-corrected chi connectivity index (χ2v) is 7.16. The SMILES string of the molecule is C[C@@H]1[C@H](O)CCN1C(=O)NCC1(c2cccc(OC(F)(F)F)c2)CCC1. The van der Waals surface area contributed by atoms with Crippen molar-refractivity contribution < 1.29 is 27.8 Å². The van der Waals surface area contributed by atoms with E-state index in [0.717, 1.165) is 24.8 Å². The molecule has 1 saturated carbocycles. The molecule has 0 bridgehead atoms. The van der Waals surface area contributed by atoms with Crippen molar-refractivity contribution in [3.8, 4) is 5.75 Å². The van der Waals surface area contributed by atoms with Crippen LogP contribution in [-0.2, 0) is 5.41 Å². The number of rotatable bonds is 4. The molecule has 1 saturated heterocycles. The molecule has 1 heterocycles. The lowest BCUT2D eigenvalue weighted by Crippen LogP contribution is -2.50. The van der Waals surface area contributed by atoms with Crippen molar-refractivity contribution in [3.05, 3.63) is 29.8 Å². The fourth-order valence-corrected chi connectivity index (χ4v) is 3.75. The van der Waals surface area contributed by atoms with Crippen LogP contribution < -0.4 is 10.1 Å². The molecule has 144 valence electrons. The van der Waals surface area contributed by atoms with Gasteiger partial charge in [0.15, 0.2) is 0 Å². The minimum absolute atomic E-state index is 0.240. The molecular formula is C18H23F3N2O3. The van der Waals surface area contributed by atoms with Crippen LogP contribution in [0.5, 0.6) is 5.75 Å². The molecular weight excluding hydrogens is 349 g/mol. The number of benzene rings is 1. The number of aliphatic hydroxyl groups is 1. The Bertz CT molecular complexity index is 661. The fraction of sp³-hybridized carbons (Fsp3) is 0.611. The standard InChI is InChI=1S/C18H23F3N2O3/c1-12-15(24)6-9-23(12)16(25)22-11-17(7-3-8-17)13-4-2-5-14(10-13)26-18(19,20)21/h2,4-5,10,12,15,24H,3,6-9,11H2,1H3,(H,22,25)/t12-,15-/m1/s1. The van der Waals surface area contributed by atoms with Gasteiger partial charge in [-0.05, 0) is 43.9 Å². The number of likely N-dealkylation sites (tertiary alicyclic amines) is 1. The second kappa shape index (κ2) is 6.98. The van der Waals surface area contributed by atoms with Gasteiger partial charge >= 0.3 is 12.4 Å². The molecule has 2 N–H and O–H groups in total. The van der Waals surface area contributed by atoms with Crippen molar-refractivity contribution in [3.63, 3.8) is 0 Å². The van der Waals surface area contributed by atoms with Crippen LogP contribution in [0.2, 0.25) is 0 Å². The van der Waals surface area contributed by atoms with Gasteiger partial charge in [-0.1, -0.05) is 18.6 Å². The van der Waals surface area contributed by atoms with Gasteiger partial charge in [-0.25, -0.2) is 4.79 Å². The molecule has 26 heavy (non-hydrogen) atoms. The Hall–Kier alpha value is -1.96. The first-order chi connectivity index (χ1) is 12.2. The molecule has 1 aromatic rings. The molecule has 2 aliphatic rings. The van der Waals surface area contributed by atoms with Gasteiger partial charge in [0.1, 0.15) is 5.75 Å². The first-order valence-corrected chi connectivity index (χ1v) is 8.79. The van der Waals surface area contributed by atoms with E-state index >= 15 is 0 Å². The maximum atomic E-state index is 12.5. The highest BCUT2D eigenvalue weighted by Gasteiger charge is 2.41. The second-order valence-electron chi connectivity index (χ2n) is 7.16. The molecule has 1 aliphatic heterocycles. The van der Waals surface area contributed by atoms with Crippen molar-refractivity contribution in [1.82, 2.24) is 10.2 Å². The van der Waals surface area contributed by atoms with Gasteiger partial charge in [-0.3, -0.25) is 0 Å². The third-order valence-corrected chi connectivity index (χ3v) is 5.54. The Labute approximate surface area is 150 Å². The van der Waals surface area contributed by atoms with Gasteiger partial charge in [0.2, 0.25) is 0 Å². The number of hydrogen-bond acceptors (Lipinski definition) is 3. The van der Waals surface area contributed by atoms with E-state index in [2.05, 4.69) is 10.1 Å². The monoisotopic (exact) mass is 372 g/mol. The number of nitrogens with one attached hydrogen (secondary N) is 1. The number of aliphatic hydroxyl groups excluding tert-OH is 1. The third kappa shape index (κ3) is 3.90. The molecule has 0 aromatic heterocycles. The number of amides is 2.